The summed E-state index contributed by atoms with van der Waals surface area (Å²) >= 11 is 0. The van der Waals surface area contributed by atoms with E-state index in [4.69, 9.17) is 9.26 Å². The third-order valence-electron chi connectivity index (χ3n) is 3.65. The first-order chi connectivity index (χ1) is 9.17. The van der Waals surface area contributed by atoms with Gasteiger partial charge in [-0.05, 0) is 32.9 Å². The Labute approximate surface area is 115 Å². The molecule has 0 aromatic carbocycles. The van der Waals surface area contributed by atoms with Crippen molar-refractivity contribution in [2.24, 2.45) is 5.92 Å². The first-order valence-electron chi connectivity index (χ1n) is 6.99. The van der Waals surface area contributed by atoms with Crippen LogP contribution in [0.15, 0.2) is 10.6 Å². The molecule has 0 radical (unpaired) electrons. The molecule has 2 heterocycles. The maximum Gasteiger partial charge on any atom is 0.150 e. The van der Waals surface area contributed by atoms with Gasteiger partial charge >= 0.3 is 0 Å². The first kappa shape index (κ1) is 14.5. The molecule has 1 saturated heterocycles. The summed E-state index contributed by atoms with van der Waals surface area (Å²) < 4.78 is 10.4. The Morgan fingerprint density at radius 3 is 3.11 bits per heavy atom. The number of likely N-dealkylation sites (tertiary alicyclic amines) is 1. The summed E-state index contributed by atoms with van der Waals surface area (Å²) in [6.45, 7) is 8.18. The minimum atomic E-state index is 0.755. The minimum absolute atomic E-state index is 0.755. The smallest absolute Gasteiger partial charge is 0.150 e. The fourth-order valence-corrected chi connectivity index (χ4v) is 2.75. The number of ether oxygens (including phenoxy) is 1. The fourth-order valence-electron chi connectivity index (χ4n) is 2.75. The van der Waals surface area contributed by atoms with Crippen molar-refractivity contribution in [3.8, 4) is 0 Å². The van der Waals surface area contributed by atoms with E-state index >= 15 is 0 Å². The van der Waals surface area contributed by atoms with E-state index in [0.717, 1.165) is 43.6 Å². The van der Waals surface area contributed by atoms with Crippen LogP contribution in [0.4, 0.5) is 0 Å². The van der Waals surface area contributed by atoms with Gasteiger partial charge in [0.15, 0.2) is 5.76 Å². The lowest BCUT2D eigenvalue weighted by Gasteiger charge is -2.20. The molecule has 0 amide bonds. The summed E-state index contributed by atoms with van der Waals surface area (Å²) in [5, 5.41) is 3.92. The normalized spacial score (nSPS) is 20.5. The summed E-state index contributed by atoms with van der Waals surface area (Å²) in [6, 6.07) is 2.01. The lowest BCUT2D eigenvalue weighted by atomic mass is 10.1. The van der Waals surface area contributed by atoms with Crippen LogP contribution in [-0.2, 0) is 11.3 Å². The quantitative estimate of drug-likeness (QED) is 0.746. The van der Waals surface area contributed by atoms with Gasteiger partial charge in [0.05, 0.1) is 18.8 Å². The SMILES string of the molecule is COCCN1CCC(CN(C)Cc2cc(C)no2)C1. The van der Waals surface area contributed by atoms with Crippen LogP contribution < -0.4 is 0 Å². The lowest BCUT2D eigenvalue weighted by molar-refractivity contribution is 0.156. The van der Waals surface area contributed by atoms with Crippen molar-refractivity contribution in [1.29, 1.82) is 0 Å². The van der Waals surface area contributed by atoms with Gasteiger partial charge in [-0.2, -0.15) is 0 Å². The molecule has 108 valence electrons. The van der Waals surface area contributed by atoms with Crippen molar-refractivity contribution in [3.05, 3.63) is 17.5 Å². The average Bonchev–Trinajstić information content (AvgIpc) is 2.96. The van der Waals surface area contributed by atoms with Gasteiger partial charge < -0.3 is 14.2 Å². The van der Waals surface area contributed by atoms with E-state index in [1.165, 1.54) is 19.5 Å². The Bertz CT molecular complexity index is 381. The summed E-state index contributed by atoms with van der Waals surface area (Å²) in [4.78, 5) is 4.81. The molecule has 2 rings (SSSR count). The van der Waals surface area contributed by atoms with E-state index in [1.54, 1.807) is 7.11 Å². The van der Waals surface area contributed by atoms with Crippen LogP contribution in [0, 0.1) is 12.8 Å². The highest BCUT2D eigenvalue weighted by Crippen LogP contribution is 2.17. The van der Waals surface area contributed by atoms with Crippen LogP contribution in [0.3, 0.4) is 0 Å². The molecule has 5 heteroatoms. The standard InChI is InChI=1S/C14H25N3O2/c1-12-8-14(19-15-12)11-16(2)9-13-4-5-17(10-13)6-7-18-3/h8,13H,4-7,9-11H2,1-3H3. The molecule has 0 bridgehead atoms. The second-order valence-corrected chi connectivity index (χ2v) is 5.58. The molecule has 5 nitrogen and oxygen atoms in total. The van der Waals surface area contributed by atoms with E-state index in [1.807, 2.05) is 13.0 Å². The number of hydrogen-bond acceptors (Lipinski definition) is 5. The van der Waals surface area contributed by atoms with Crippen LogP contribution >= 0.6 is 0 Å². The molecule has 0 aliphatic carbocycles. The zero-order chi connectivity index (χ0) is 13.7. The predicted octanol–water partition coefficient (Wildman–Crippen LogP) is 1.38. The van der Waals surface area contributed by atoms with Crippen LogP contribution in [0.2, 0.25) is 0 Å². The number of nitrogens with zero attached hydrogens (tertiary/aromatic N) is 3. The maximum atomic E-state index is 5.26. The van der Waals surface area contributed by atoms with E-state index in [2.05, 4.69) is 22.0 Å². The zero-order valence-electron chi connectivity index (χ0n) is 12.3. The molecule has 1 atom stereocenters. The first-order valence-corrected chi connectivity index (χ1v) is 6.99. The zero-order valence-corrected chi connectivity index (χ0v) is 12.3. The molecule has 0 N–H and O–H groups in total. The lowest BCUT2D eigenvalue weighted by Crippen LogP contribution is -2.29. The molecule has 19 heavy (non-hydrogen) atoms. The van der Waals surface area contributed by atoms with E-state index < -0.39 is 0 Å². The number of hydrogen-bond donors (Lipinski definition) is 0. The summed E-state index contributed by atoms with van der Waals surface area (Å²) in [5.74, 6) is 1.71. The second kappa shape index (κ2) is 7.03. The Hall–Kier alpha value is -0.910. The Balaban J connectivity index is 1.70. The molecule has 1 aliphatic rings. The highest BCUT2D eigenvalue weighted by Gasteiger charge is 2.23. The van der Waals surface area contributed by atoms with E-state index in [0.29, 0.717) is 0 Å². The molecule has 1 aromatic heterocycles. The summed E-state index contributed by atoms with van der Waals surface area (Å²) in [6.07, 6.45) is 1.28. The molecular weight excluding hydrogens is 242 g/mol. The maximum absolute atomic E-state index is 5.26. The van der Waals surface area contributed by atoms with Crippen molar-refractivity contribution in [2.75, 3.05) is 46.9 Å². The van der Waals surface area contributed by atoms with Gasteiger partial charge in [0.25, 0.3) is 0 Å². The highest BCUT2D eigenvalue weighted by atomic mass is 16.5. The molecule has 0 saturated carbocycles. The summed E-state index contributed by atoms with van der Waals surface area (Å²) in [7, 11) is 3.91. The van der Waals surface area contributed by atoms with E-state index in [9.17, 15) is 0 Å². The molecular formula is C14H25N3O2. The third-order valence-corrected chi connectivity index (χ3v) is 3.65. The Morgan fingerprint density at radius 1 is 1.58 bits per heavy atom. The van der Waals surface area contributed by atoms with Crippen LogP contribution in [0.1, 0.15) is 17.9 Å². The predicted molar refractivity (Wildman–Crippen MR) is 74.0 cm³/mol. The van der Waals surface area contributed by atoms with E-state index in [-0.39, 0.29) is 0 Å². The van der Waals surface area contributed by atoms with Gasteiger partial charge in [-0.25, -0.2) is 0 Å². The molecule has 1 fully saturated rings. The van der Waals surface area contributed by atoms with Crippen molar-refractivity contribution < 1.29 is 9.26 Å². The Morgan fingerprint density at radius 2 is 2.42 bits per heavy atom. The topological polar surface area (TPSA) is 41.7 Å². The molecule has 1 unspecified atom stereocenters. The van der Waals surface area contributed by atoms with Gasteiger partial charge in [0.2, 0.25) is 0 Å². The van der Waals surface area contributed by atoms with Crippen molar-refractivity contribution in [2.45, 2.75) is 19.9 Å². The average molecular weight is 267 g/mol. The minimum Gasteiger partial charge on any atom is -0.383 e. The van der Waals surface area contributed by atoms with Gasteiger partial charge in [0, 0.05) is 32.8 Å². The van der Waals surface area contributed by atoms with Gasteiger partial charge in [-0.15, -0.1) is 0 Å². The molecule has 1 aromatic rings. The van der Waals surface area contributed by atoms with Gasteiger partial charge in [0.1, 0.15) is 0 Å². The monoisotopic (exact) mass is 267 g/mol. The van der Waals surface area contributed by atoms with Crippen LogP contribution in [0.25, 0.3) is 0 Å². The molecule has 0 spiro atoms. The highest BCUT2D eigenvalue weighted by molar-refractivity contribution is 5.02. The number of rotatable bonds is 7. The summed E-state index contributed by atoms with van der Waals surface area (Å²) in [5.41, 5.74) is 0.954. The van der Waals surface area contributed by atoms with Crippen molar-refractivity contribution in [3.63, 3.8) is 0 Å². The van der Waals surface area contributed by atoms with Gasteiger partial charge in [-0.3, -0.25) is 4.90 Å². The molecule has 1 aliphatic heterocycles. The second-order valence-electron chi connectivity index (χ2n) is 5.58. The van der Waals surface area contributed by atoms with Crippen LogP contribution in [0.5, 0.6) is 0 Å². The number of methoxy groups -OCH3 is 1. The Kier molecular flexibility index (Phi) is 5.36. The van der Waals surface area contributed by atoms with Crippen molar-refractivity contribution >= 4 is 0 Å². The third kappa shape index (κ3) is 4.60. The van der Waals surface area contributed by atoms with Crippen molar-refractivity contribution in [1.82, 2.24) is 15.0 Å². The number of aromatic nitrogens is 1. The van der Waals surface area contributed by atoms with Crippen LogP contribution in [-0.4, -0.2) is 61.9 Å². The fraction of sp³-hybridized carbons (Fsp3) is 0.786. The van der Waals surface area contributed by atoms with Gasteiger partial charge in [-0.1, -0.05) is 5.16 Å². The largest absolute Gasteiger partial charge is 0.383 e. The number of aryl methyl sites for hydroxylation is 1.